The molecule has 0 bridgehead atoms. The average molecular weight is 274 g/mol. The van der Waals surface area contributed by atoms with Crippen LogP contribution in [0.15, 0.2) is 29.4 Å². The van der Waals surface area contributed by atoms with Crippen LogP contribution in [0.3, 0.4) is 0 Å². The Bertz CT molecular complexity index is 437. The molecule has 0 radical (unpaired) electrons. The highest BCUT2D eigenvalue weighted by molar-refractivity contribution is 5.80. The Balaban J connectivity index is 1.94. The maximum absolute atomic E-state index is 4.42. The number of nitrogens with zero attached hydrogens (tertiary/aromatic N) is 3. The second-order valence-corrected chi connectivity index (χ2v) is 5.60. The molecule has 4 heteroatoms. The van der Waals surface area contributed by atoms with Crippen LogP contribution in [-0.2, 0) is 6.54 Å². The molecule has 0 spiro atoms. The minimum absolute atomic E-state index is 0.475. The van der Waals surface area contributed by atoms with Gasteiger partial charge in [-0.3, -0.25) is 9.98 Å². The van der Waals surface area contributed by atoms with Gasteiger partial charge in [0.25, 0.3) is 0 Å². The average Bonchev–Trinajstić information content (AvgIpc) is 2.94. The van der Waals surface area contributed by atoms with Crippen molar-refractivity contribution in [3.05, 3.63) is 30.1 Å². The topological polar surface area (TPSA) is 40.5 Å². The zero-order valence-corrected chi connectivity index (χ0v) is 12.9. The highest BCUT2D eigenvalue weighted by atomic mass is 15.3. The number of hydrogen-bond donors (Lipinski definition) is 1. The monoisotopic (exact) mass is 274 g/mol. The summed E-state index contributed by atoms with van der Waals surface area (Å²) < 4.78 is 0. The van der Waals surface area contributed by atoms with E-state index in [0.717, 1.165) is 31.3 Å². The highest BCUT2D eigenvalue weighted by Crippen LogP contribution is 2.36. The van der Waals surface area contributed by atoms with Crippen molar-refractivity contribution >= 4 is 5.96 Å². The zero-order valence-electron chi connectivity index (χ0n) is 12.9. The van der Waals surface area contributed by atoms with Gasteiger partial charge in [0.1, 0.15) is 0 Å². The van der Waals surface area contributed by atoms with Gasteiger partial charge in [0.2, 0.25) is 0 Å². The largest absolute Gasteiger partial charge is 0.351 e. The number of guanidine groups is 1. The lowest BCUT2D eigenvalue weighted by atomic mass is 9.82. The van der Waals surface area contributed by atoms with Gasteiger partial charge in [-0.15, -0.1) is 0 Å². The van der Waals surface area contributed by atoms with Gasteiger partial charge in [0.15, 0.2) is 5.96 Å². The molecule has 1 aliphatic rings. The summed E-state index contributed by atoms with van der Waals surface area (Å²) in [5, 5.41) is 3.43. The van der Waals surface area contributed by atoms with E-state index in [-0.39, 0.29) is 0 Å². The summed E-state index contributed by atoms with van der Waals surface area (Å²) in [6.07, 6.45) is 5.59. The van der Waals surface area contributed by atoms with Gasteiger partial charge in [0, 0.05) is 26.3 Å². The molecule has 1 saturated heterocycles. The number of aromatic nitrogens is 1. The molecular weight excluding hydrogens is 248 g/mol. The van der Waals surface area contributed by atoms with Crippen LogP contribution in [0.25, 0.3) is 0 Å². The third-order valence-electron chi connectivity index (χ3n) is 4.60. The predicted molar refractivity (Wildman–Crippen MR) is 83.6 cm³/mol. The van der Waals surface area contributed by atoms with Crippen LogP contribution < -0.4 is 5.32 Å². The van der Waals surface area contributed by atoms with Crippen LogP contribution in [0, 0.1) is 5.41 Å². The van der Waals surface area contributed by atoms with Crippen LogP contribution in [-0.4, -0.2) is 36.0 Å². The van der Waals surface area contributed by atoms with E-state index in [0.29, 0.717) is 5.41 Å². The van der Waals surface area contributed by atoms with Crippen LogP contribution >= 0.6 is 0 Å². The van der Waals surface area contributed by atoms with E-state index >= 15 is 0 Å². The molecule has 1 fully saturated rings. The number of likely N-dealkylation sites (tertiary alicyclic amines) is 1. The van der Waals surface area contributed by atoms with Crippen LogP contribution in [0.1, 0.15) is 38.8 Å². The number of hydrogen-bond acceptors (Lipinski definition) is 2. The minimum atomic E-state index is 0.475. The molecular formula is C16H26N4. The molecule has 1 aliphatic heterocycles. The third kappa shape index (κ3) is 3.30. The van der Waals surface area contributed by atoms with Crippen molar-refractivity contribution in [1.29, 1.82) is 0 Å². The van der Waals surface area contributed by atoms with Crippen molar-refractivity contribution in [1.82, 2.24) is 15.2 Å². The zero-order chi connectivity index (χ0) is 14.4. The van der Waals surface area contributed by atoms with Gasteiger partial charge >= 0.3 is 0 Å². The summed E-state index contributed by atoms with van der Waals surface area (Å²) in [4.78, 5) is 11.1. The Hall–Kier alpha value is -1.58. The first-order valence-electron chi connectivity index (χ1n) is 7.58. The molecule has 20 heavy (non-hydrogen) atoms. The van der Waals surface area contributed by atoms with E-state index in [4.69, 9.17) is 0 Å². The molecule has 0 aliphatic carbocycles. The molecule has 1 aromatic rings. The fourth-order valence-corrected chi connectivity index (χ4v) is 2.95. The van der Waals surface area contributed by atoms with Crippen molar-refractivity contribution in [2.75, 3.05) is 20.1 Å². The van der Waals surface area contributed by atoms with Gasteiger partial charge in [-0.1, -0.05) is 19.9 Å². The molecule has 1 aromatic heterocycles. The number of pyridine rings is 1. The second-order valence-electron chi connectivity index (χ2n) is 5.60. The van der Waals surface area contributed by atoms with E-state index in [1.807, 2.05) is 31.4 Å². The Morgan fingerprint density at radius 1 is 1.40 bits per heavy atom. The lowest BCUT2D eigenvalue weighted by Gasteiger charge is -2.27. The fraction of sp³-hybridized carbons (Fsp3) is 0.625. The molecule has 2 heterocycles. The summed E-state index contributed by atoms with van der Waals surface area (Å²) in [6, 6.07) is 5.99. The van der Waals surface area contributed by atoms with Crippen LogP contribution in [0.5, 0.6) is 0 Å². The maximum atomic E-state index is 4.42. The molecule has 110 valence electrons. The molecule has 4 nitrogen and oxygen atoms in total. The molecule has 0 amide bonds. The smallest absolute Gasteiger partial charge is 0.193 e. The Morgan fingerprint density at radius 2 is 2.20 bits per heavy atom. The van der Waals surface area contributed by atoms with Crippen LogP contribution in [0.2, 0.25) is 0 Å². The number of rotatable bonds is 4. The Kier molecular flexibility index (Phi) is 4.99. The van der Waals surface area contributed by atoms with Crippen molar-refractivity contribution in [3.8, 4) is 0 Å². The number of nitrogens with one attached hydrogen (secondary N) is 1. The fourth-order valence-electron chi connectivity index (χ4n) is 2.95. The molecule has 0 unspecified atom stereocenters. The quantitative estimate of drug-likeness (QED) is 0.678. The van der Waals surface area contributed by atoms with Crippen molar-refractivity contribution < 1.29 is 0 Å². The van der Waals surface area contributed by atoms with Gasteiger partial charge < -0.3 is 10.2 Å². The first-order valence-corrected chi connectivity index (χ1v) is 7.58. The van der Waals surface area contributed by atoms with Crippen LogP contribution in [0.4, 0.5) is 0 Å². The van der Waals surface area contributed by atoms with Gasteiger partial charge in [0.05, 0.1) is 12.2 Å². The Labute approximate surface area is 122 Å². The van der Waals surface area contributed by atoms with Gasteiger partial charge in [-0.25, -0.2) is 0 Å². The molecule has 2 rings (SSSR count). The SMILES string of the molecule is CCC1(CC)CCN(C(=NC)NCc2ccccn2)C1. The predicted octanol–water partition coefficient (Wildman–Crippen LogP) is 2.67. The maximum Gasteiger partial charge on any atom is 0.193 e. The molecule has 0 atom stereocenters. The van der Waals surface area contributed by atoms with Crippen molar-refractivity contribution in [2.24, 2.45) is 10.4 Å². The van der Waals surface area contributed by atoms with Gasteiger partial charge in [-0.2, -0.15) is 0 Å². The van der Waals surface area contributed by atoms with Crippen molar-refractivity contribution in [2.45, 2.75) is 39.7 Å². The highest BCUT2D eigenvalue weighted by Gasteiger charge is 2.36. The van der Waals surface area contributed by atoms with E-state index in [9.17, 15) is 0 Å². The second kappa shape index (κ2) is 6.73. The number of aliphatic imine (C=N–C) groups is 1. The van der Waals surface area contributed by atoms with Gasteiger partial charge in [-0.05, 0) is 36.8 Å². The lowest BCUT2D eigenvalue weighted by Crippen LogP contribution is -2.41. The summed E-state index contributed by atoms with van der Waals surface area (Å²) in [7, 11) is 1.86. The molecule has 0 saturated carbocycles. The molecule has 1 N–H and O–H groups in total. The van der Waals surface area contributed by atoms with Crippen molar-refractivity contribution in [3.63, 3.8) is 0 Å². The normalized spacial score (nSPS) is 18.4. The summed E-state index contributed by atoms with van der Waals surface area (Å²) in [5.74, 6) is 0.999. The lowest BCUT2D eigenvalue weighted by molar-refractivity contribution is 0.276. The first kappa shape index (κ1) is 14.8. The van der Waals surface area contributed by atoms with E-state index < -0.39 is 0 Å². The Morgan fingerprint density at radius 3 is 2.75 bits per heavy atom. The minimum Gasteiger partial charge on any atom is -0.351 e. The summed E-state index contributed by atoms with van der Waals surface area (Å²) in [6.45, 7) is 7.55. The van der Waals surface area contributed by atoms with E-state index in [2.05, 4.69) is 34.0 Å². The standard InChI is InChI=1S/C16H26N4/c1-4-16(5-2)9-11-20(13-16)15(17-3)19-12-14-8-6-7-10-18-14/h6-8,10H,4-5,9,11-13H2,1-3H3,(H,17,19). The summed E-state index contributed by atoms with van der Waals surface area (Å²) >= 11 is 0. The summed E-state index contributed by atoms with van der Waals surface area (Å²) in [5.41, 5.74) is 1.52. The third-order valence-corrected chi connectivity index (χ3v) is 4.60. The van der Waals surface area contributed by atoms with E-state index in [1.165, 1.54) is 19.3 Å². The first-order chi connectivity index (χ1) is 9.73. The van der Waals surface area contributed by atoms with E-state index in [1.54, 1.807) is 0 Å². The molecule has 0 aromatic carbocycles.